The highest BCUT2D eigenvalue weighted by Gasteiger charge is 2.37. The number of hydrogen-bond acceptors (Lipinski definition) is 4. The van der Waals surface area contributed by atoms with E-state index < -0.39 is 12.3 Å². The number of esters is 1. The molecule has 142 valence electrons. The molecule has 0 radical (unpaired) electrons. The van der Waals surface area contributed by atoms with Gasteiger partial charge in [0.2, 0.25) is 0 Å². The molecule has 0 saturated carbocycles. The van der Waals surface area contributed by atoms with Gasteiger partial charge in [-0.25, -0.2) is 0 Å². The zero-order valence-corrected chi connectivity index (χ0v) is 14.8. The van der Waals surface area contributed by atoms with Crippen LogP contribution >= 0.6 is 0 Å². The smallest absolute Gasteiger partial charge is 0.373 e. The van der Waals surface area contributed by atoms with Crippen molar-refractivity contribution in [2.75, 3.05) is 26.2 Å². The first-order valence-corrected chi connectivity index (χ1v) is 8.77. The van der Waals surface area contributed by atoms with Crippen molar-refractivity contribution in [2.45, 2.75) is 45.5 Å². The van der Waals surface area contributed by atoms with Crippen molar-refractivity contribution in [3.05, 3.63) is 24.3 Å². The van der Waals surface area contributed by atoms with Crippen LogP contribution in [0.5, 0.6) is 0 Å². The molecule has 1 aliphatic carbocycles. The number of hydrogen-bond donors (Lipinski definition) is 1. The predicted molar refractivity (Wildman–Crippen MR) is 89.8 cm³/mol. The summed E-state index contributed by atoms with van der Waals surface area (Å²) in [5.74, 6) is -0.899. The Balaban J connectivity index is 2.09. The van der Waals surface area contributed by atoms with E-state index in [4.69, 9.17) is 0 Å². The third-order valence-electron chi connectivity index (χ3n) is 5.16. The van der Waals surface area contributed by atoms with Gasteiger partial charge in [0.15, 0.2) is 0 Å². The second-order valence-electron chi connectivity index (χ2n) is 7.15. The Morgan fingerprint density at radius 2 is 2.12 bits per heavy atom. The van der Waals surface area contributed by atoms with E-state index in [1.807, 2.05) is 0 Å². The van der Waals surface area contributed by atoms with Crippen molar-refractivity contribution in [3.8, 4) is 0 Å². The van der Waals surface area contributed by atoms with Gasteiger partial charge in [0.05, 0.1) is 6.42 Å². The largest absolute Gasteiger partial charge is 0.575 e. The van der Waals surface area contributed by atoms with Crippen LogP contribution < -0.4 is 5.32 Å². The van der Waals surface area contributed by atoms with Gasteiger partial charge in [0, 0.05) is 31.1 Å². The molecule has 4 nitrogen and oxygen atoms in total. The summed E-state index contributed by atoms with van der Waals surface area (Å²) in [5, 5.41) is 3.25. The minimum absolute atomic E-state index is 0.122. The molecule has 0 aromatic heterocycles. The lowest BCUT2D eigenvalue weighted by Gasteiger charge is -2.39. The van der Waals surface area contributed by atoms with Gasteiger partial charge in [-0.15, -0.1) is 13.2 Å². The average Bonchev–Trinajstić information content (AvgIpc) is 2.78. The lowest BCUT2D eigenvalue weighted by molar-refractivity contribution is -0.306. The number of ether oxygens (including phenoxy) is 1. The molecule has 1 aliphatic heterocycles. The first kappa shape index (κ1) is 20.0. The predicted octanol–water partition coefficient (Wildman–Crippen LogP) is 3.26. The van der Waals surface area contributed by atoms with Crippen molar-refractivity contribution < 1.29 is 22.7 Å². The molecule has 3 unspecified atom stereocenters. The van der Waals surface area contributed by atoms with E-state index in [-0.39, 0.29) is 17.9 Å². The number of rotatable bonds is 4. The Morgan fingerprint density at radius 1 is 1.36 bits per heavy atom. The number of carbonyl (C=O) groups excluding carboxylic acids is 1. The number of alkyl halides is 3. The molecule has 0 bridgehead atoms. The lowest BCUT2D eigenvalue weighted by atomic mass is 9.77. The summed E-state index contributed by atoms with van der Waals surface area (Å²) >= 11 is 0. The molecule has 0 spiro atoms. The summed E-state index contributed by atoms with van der Waals surface area (Å²) in [4.78, 5) is 13.8. The van der Waals surface area contributed by atoms with Crippen molar-refractivity contribution in [1.29, 1.82) is 0 Å². The molecular formula is C18H27F3N2O2. The van der Waals surface area contributed by atoms with Crippen LogP contribution in [0.4, 0.5) is 13.2 Å². The highest BCUT2D eigenvalue weighted by molar-refractivity contribution is 5.70. The van der Waals surface area contributed by atoms with E-state index >= 15 is 0 Å². The van der Waals surface area contributed by atoms with Crippen LogP contribution in [-0.4, -0.2) is 49.5 Å². The fraction of sp³-hybridized carbons (Fsp3) is 0.722. The second kappa shape index (κ2) is 8.36. The zero-order chi connectivity index (χ0) is 18.5. The van der Waals surface area contributed by atoms with Crippen LogP contribution in [0.3, 0.4) is 0 Å². The topological polar surface area (TPSA) is 41.6 Å². The third-order valence-corrected chi connectivity index (χ3v) is 5.16. The van der Waals surface area contributed by atoms with E-state index in [2.05, 4.69) is 53.1 Å². The van der Waals surface area contributed by atoms with E-state index in [0.717, 1.165) is 13.0 Å². The average molecular weight is 360 g/mol. The summed E-state index contributed by atoms with van der Waals surface area (Å²) in [6.45, 7) is 7.14. The standard InChI is InChI=1S/C18H27F3N2O2/c1-14-6-4-3-5-8-17(14,2)13-23-11-10-22-9-7-15(23)12-16(24)25-18(19,20)21/h4-6,8,14-15,22H,3,7,9-13H2,1-2H3. The van der Waals surface area contributed by atoms with Crippen molar-refractivity contribution >= 4 is 5.97 Å². The van der Waals surface area contributed by atoms with Gasteiger partial charge in [-0.3, -0.25) is 9.69 Å². The summed E-state index contributed by atoms with van der Waals surface area (Å²) in [5.41, 5.74) is -0.122. The first-order valence-electron chi connectivity index (χ1n) is 8.77. The summed E-state index contributed by atoms with van der Waals surface area (Å²) in [6, 6.07) is -0.255. The monoisotopic (exact) mass is 360 g/mol. The van der Waals surface area contributed by atoms with E-state index in [1.165, 1.54) is 0 Å². The molecular weight excluding hydrogens is 333 g/mol. The number of nitrogens with zero attached hydrogens (tertiary/aromatic N) is 1. The van der Waals surface area contributed by atoms with Gasteiger partial charge >= 0.3 is 12.3 Å². The van der Waals surface area contributed by atoms with E-state index in [1.54, 1.807) is 0 Å². The van der Waals surface area contributed by atoms with Crippen LogP contribution in [0, 0.1) is 11.3 Å². The van der Waals surface area contributed by atoms with E-state index in [9.17, 15) is 18.0 Å². The molecule has 2 rings (SSSR count). The maximum Gasteiger partial charge on any atom is 0.575 e. The molecule has 1 heterocycles. The summed E-state index contributed by atoms with van der Waals surface area (Å²) in [6.07, 6.45) is 4.99. The number of carbonyl (C=O) groups is 1. The minimum atomic E-state index is -4.92. The van der Waals surface area contributed by atoms with E-state index in [0.29, 0.717) is 32.0 Å². The quantitative estimate of drug-likeness (QED) is 0.617. The molecule has 3 atom stereocenters. The fourth-order valence-corrected chi connectivity index (χ4v) is 3.49. The highest BCUT2D eigenvalue weighted by Crippen LogP contribution is 2.34. The molecule has 1 saturated heterocycles. The molecule has 0 aromatic rings. The van der Waals surface area contributed by atoms with Gasteiger partial charge in [0.25, 0.3) is 0 Å². The molecule has 0 amide bonds. The summed E-state index contributed by atoms with van der Waals surface area (Å²) < 4.78 is 40.4. The van der Waals surface area contributed by atoms with Crippen LogP contribution in [0.1, 0.15) is 33.1 Å². The Bertz CT molecular complexity index is 519. The molecule has 1 fully saturated rings. The van der Waals surface area contributed by atoms with Crippen LogP contribution in [0.2, 0.25) is 0 Å². The second-order valence-corrected chi connectivity index (χ2v) is 7.15. The van der Waals surface area contributed by atoms with Gasteiger partial charge < -0.3 is 10.1 Å². The lowest BCUT2D eigenvalue weighted by Crippen LogP contribution is -2.45. The number of halogens is 3. The van der Waals surface area contributed by atoms with Crippen LogP contribution in [0.15, 0.2) is 24.3 Å². The third kappa shape index (κ3) is 6.15. The van der Waals surface area contributed by atoms with Gasteiger partial charge in [-0.05, 0) is 25.3 Å². The Morgan fingerprint density at radius 3 is 2.84 bits per heavy atom. The fourth-order valence-electron chi connectivity index (χ4n) is 3.49. The van der Waals surface area contributed by atoms with Gasteiger partial charge in [0.1, 0.15) is 0 Å². The maximum absolute atomic E-state index is 12.3. The summed E-state index contributed by atoms with van der Waals surface area (Å²) in [7, 11) is 0. The van der Waals surface area contributed by atoms with Gasteiger partial charge in [-0.1, -0.05) is 38.2 Å². The molecule has 0 aromatic carbocycles. The molecule has 7 heteroatoms. The maximum atomic E-state index is 12.3. The molecule has 1 N–H and O–H groups in total. The van der Waals surface area contributed by atoms with Crippen LogP contribution in [-0.2, 0) is 9.53 Å². The number of nitrogens with one attached hydrogen (secondary N) is 1. The highest BCUT2D eigenvalue weighted by atomic mass is 19.4. The molecule has 2 aliphatic rings. The normalized spacial score (nSPS) is 31.4. The SMILES string of the molecule is CC1C=CCC=CC1(C)CN1CCNCCC1CC(=O)OC(F)(F)F. The molecule has 25 heavy (non-hydrogen) atoms. The minimum Gasteiger partial charge on any atom is -0.373 e. The Hall–Kier alpha value is -1.34. The zero-order valence-electron chi connectivity index (χ0n) is 14.8. The Labute approximate surface area is 147 Å². The van der Waals surface area contributed by atoms with Crippen molar-refractivity contribution in [2.24, 2.45) is 11.3 Å². The van der Waals surface area contributed by atoms with Crippen molar-refractivity contribution in [1.82, 2.24) is 10.2 Å². The Kier molecular flexibility index (Phi) is 6.68. The van der Waals surface area contributed by atoms with Gasteiger partial charge in [-0.2, -0.15) is 0 Å². The van der Waals surface area contributed by atoms with Crippen molar-refractivity contribution in [3.63, 3.8) is 0 Å². The number of allylic oxidation sites excluding steroid dienone is 3. The van der Waals surface area contributed by atoms with Crippen LogP contribution in [0.25, 0.3) is 0 Å². The first-order chi connectivity index (χ1) is 11.7.